The van der Waals surface area contributed by atoms with Gasteiger partial charge in [0, 0.05) is 24.6 Å². The van der Waals surface area contributed by atoms with E-state index >= 15 is 0 Å². The number of hydrogen-bond donors (Lipinski definition) is 3. The monoisotopic (exact) mass is 306 g/mol. The molecule has 1 heterocycles. The molecule has 0 radical (unpaired) electrons. The number of pyridine rings is 1. The lowest BCUT2D eigenvalue weighted by Gasteiger charge is -2.09. The number of aromatic nitrogens is 1. The summed E-state index contributed by atoms with van der Waals surface area (Å²) in [5, 5.41) is 18.0. The van der Waals surface area contributed by atoms with Crippen molar-refractivity contribution in [1.82, 2.24) is 4.98 Å². The van der Waals surface area contributed by atoms with Crippen LogP contribution in [0.1, 0.15) is 11.1 Å². The van der Waals surface area contributed by atoms with E-state index in [1.807, 2.05) is 25.3 Å². The molecule has 0 aliphatic rings. The minimum atomic E-state index is -1.82. The van der Waals surface area contributed by atoms with Gasteiger partial charge in [0.2, 0.25) is 0 Å². The highest BCUT2D eigenvalue weighted by molar-refractivity contribution is 6.27. The third-order valence-corrected chi connectivity index (χ3v) is 2.58. The summed E-state index contributed by atoms with van der Waals surface area (Å²) in [5.74, 6) is -3.85. The third kappa shape index (κ3) is 6.00. The largest absolute Gasteiger partial charge is 0.473 e. The third-order valence-electron chi connectivity index (χ3n) is 2.58. The second-order valence-corrected chi connectivity index (χ2v) is 4.28. The van der Waals surface area contributed by atoms with Gasteiger partial charge in [0.1, 0.15) is 5.82 Å². The van der Waals surface area contributed by atoms with Gasteiger partial charge in [-0.1, -0.05) is 6.07 Å². The number of carbonyl (C=O) groups is 2. The number of aryl methyl sites for hydroxylation is 1. The summed E-state index contributed by atoms with van der Waals surface area (Å²) in [7, 11) is 0. The Bertz CT molecular complexity index is 635. The summed E-state index contributed by atoms with van der Waals surface area (Å²) in [6, 6.07) is 8.62. The lowest BCUT2D eigenvalue weighted by Crippen LogP contribution is -2.09. The van der Waals surface area contributed by atoms with Gasteiger partial charge in [-0.15, -0.1) is 0 Å². The Morgan fingerprint density at radius 2 is 1.91 bits per heavy atom. The zero-order chi connectivity index (χ0) is 16.5. The molecule has 0 bridgehead atoms. The van der Waals surface area contributed by atoms with E-state index in [0.717, 1.165) is 16.8 Å². The molecule has 0 aliphatic heterocycles. The topological polar surface area (TPSA) is 99.5 Å². The highest BCUT2D eigenvalue weighted by Gasteiger charge is 2.04. The molecule has 0 saturated carbocycles. The Labute approximate surface area is 126 Å². The van der Waals surface area contributed by atoms with E-state index in [1.165, 1.54) is 12.1 Å². The molecule has 1 aromatic carbocycles. The fraction of sp³-hybridized carbons (Fsp3) is 0.133. The molecule has 0 atom stereocenters. The highest BCUT2D eigenvalue weighted by Crippen LogP contribution is 2.16. The van der Waals surface area contributed by atoms with Crippen molar-refractivity contribution in [2.75, 3.05) is 5.32 Å². The molecule has 0 spiro atoms. The van der Waals surface area contributed by atoms with Crippen LogP contribution >= 0.6 is 0 Å². The number of carboxylic acids is 2. The molecule has 22 heavy (non-hydrogen) atoms. The van der Waals surface area contributed by atoms with Crippen LogP contribution in [-0.4, -0.2) is 27.1 Å². The van der Waals surface area contributed by atoms with Gasteiger partial charge < -0.3 is 15.5 Å². The minimum Gasteiger partial charge on any atom is -0.473 e. The Morgan fingerprint density at radius 1 is 1.23 bits per heavy atom. The summed E-state index contributed by atoms with van der Waals surface area (Å²) in [6.07, 6.45) is 3.55. The van der Waals surface area contributed by atoms with Crippen molar-refractivity contribution in [3.05, 3.63) is 59.7 Å². The summed E-state index contributed by atoms with van der Waals surface area (Å²) < 4.78 is 12.9. The van der Waals surface area contributed by atoms with Gasteiger partial charge in [0.05, 0.1) is 0 Å². The number of aliphatic carboxylic acids is 2. The zero-order valence-corrected chi connectivity index (χ0v) is 11.8. The number of rotatable bonds is 3. The van der Waals surface area contributed by atoms with Crippen LogP contribution in [0.5, 0.6) is 0 Å². The van der Waals surface area contributed by atoms with Crippen molar-refractivity contribution in [3.63, 3.8) is 0 Å². The number of nitrogens with one attached hydrogen (secondary N) is 1. The molecule has 2 rings (SSSR count). The molecule has 0 fully saturated rings. The average molecular weight is 306 g/mol. The fourth-order valence-corrected chi connectivity index (χ4v) is 1.53. The first-order valence-electron chi connectivity index (χ1n) is 6.25. The van der Waals surface area contributed by atoms with Crippen molar-refractivity contribution in [2.24, 2.45) is 0 Å². The lowest BCUT2D eigenvalue weighted by atomic mass is 10.2. The van der Waals surface area contributed by atoms with Crippen LogP contribution in [0.25, 0.3) is 0 Å². The quantitative estimate of drug-likeness (QED) is 0.752. The van der Waals surface area contributed by atoms with E-state index in [2.05, 4.69) is 10.3 Å². The second kappa shape index (κ2) is 8.35. The van der Waals surface area contributed by atoms with Gasteiger partial charge >= 0.3 is 11.9 Å². The van der Waals surface area contributed by atoms with Gasteiger partial charge in [-0.05, 0) is 42.3 Å². The summed E-state index contributed by atoms with van der Waals surface area (Å²) in [6.45, 7) is 2.58. The van der Waals surface area contributed by atoms with Crippen LogP contribution in [0, 0.1) is 12.7 Å². The molecule has 6 nitrogen and oxygen atoms in total. The molecule has 116 valence electrons. The van der Waals surface area contributed by atoms with Crippen molar-refractivity contribution >= 4 is 17.6 Å². The summed E-state index contributed by atoms with van der Waals surface area (Å²) >= 11 is 0. The van der Waals surface area contributed by atoms with Crippen molar-refractivity contribution in [3.8, 4) is 0 Å². The molecule has 0 aliphatic carbocycles. The van der Waals surface area contributed by atoms with Crippen molar-refractivity contribution in [2.45, 2.75) is 13.5 Å². The van der Waals surface area contributed by atoms with E-state index in [-0.39, 0.29) is 5.82 Å². The summed E-state index contributed by atoms with van der Waals surface area (Å²) in [4.78, 5) is 22.2. The maximum atomic E-state index is 12.9. The molecule has 1 aromatic heterocycles. The molecule has 0 saturated heterocycles. The Morgan fingerprint density at radius 3 is 2.41 bits per heavy atom. The van der Waals surface area contributed by atoms with Crippen molar-refractivity contribution in [1.29, 1.82) is 0 Å². The number of carboxylic acid groups (broad SMARTS) is 2. The van der Waals surface area contributed by atoms with Gasteiger partial charge in [0.15, 0.2) is 0 Å². The molecule has 7 heteroatoms. The Hall–Kier alpha value is -2.96. The van der Waals surface area contributed by atoms with E-state index in [4.69, 9.17) is 19.8 Å². The van der Waals surface area contributed by atoms with Crippen LogP contribution in [-0.2, 0) is 16.1 Å². The van der Waals surface area contributed by atoms with Crippen molar-refractivity contribution < 1.29 is 24.2 Å². The normalized spacial score (nSPS) is 9.36. The predicted molar refractivity (Wildman–Crippen MR) is 78.0 cm³/mol. The molecule has 2 aromatic rings. The molecular weight excluding hydrogens is 291 g/mol. The second-order valence-electron chi connectivity index (χ2n) is 4.28. The SMILES string of the molecule is Cc1cc(F)ccc1NCc1cccnc1.O=C(O)C(=O)O. The van der Waals surface area contributed by atoms with Crippen LogP contribution in [0.15, 0.2) is 42.7 Å². The van der Waals surface area contributed by atoms with Crippen LogP contribution in [0.3, 0.4) is 0 Å². The Kier molecular flexibility index (Phi) is 6.49. The van der Waals surface area contributed by atoms with Gasteiger partial charge in [-0.2, -0.15) is 0 Å². The molecule has 0 amide bonds. The number of anilines is 1. The molecule has 3 N–H and O–H groups in total. The summed E-state index contributed by atoms with van der Waals surface area (Å²) in [5.41, 5.74) is 2.96. The predicted octanol–water partition coefficient (Wildman–Crippen LogP) is 2.30. The van der Waals surface area contributed by atoms with E-state index in [9.17, 15) is 4.39 Å². The van der Waals surface area contributed by atoms with Gasteiger partial charge in [-0.3, -0.25) is 4.98 Å². The first kappa shape index (κ1) is 17.1. The van der Waals surface area contributed by atoms with Gasteiger partial charge in [0.25, 0.3) is 0 Å². The first-order chi connectivity index (χ1) is 10.4. The van der Waals surface area contributed by atoms with E-state index in [0.29, 0.717) is 6.54 Å². The number of halogens is 1. The number of benzene rings is 1. The minimum absolute atomic E-state index is 0.204. The first-order valence-corrected chi connectivity index (χ1v) is 6.25. The van der Waals surface area contributed by atoms with Crippen LogP contribution < -0.4 is 5.32 Å². The lowest BCUT2D eigenvalue weighted by molar-refractivity contribution is -0.159. The standard InChI is InChI=1S/C13H13FN2.C2H2O4/c1-10-7-12(14)4-5-13(10)16-9-11-3-2-6-15-8-11;3-1(4)2(5)6/h2-8,16H,9H2,1H3;(H,3,4)(H,5,6). The Balaban J connectivity index is 0.000000346. The van der Waals surface area contributed by atoms with Crippen LogP contribution in [0.4, 0.5) is 10.1 Å². The number of nitrogens with zero attached hydrogens (tertiary/aromatic N) is 1. The van der Waals surface area contributed by atoms with Gasteiger partial charge in [-0.25, -0.2) is 14.0 Å². The zero-order valence-electron chi connectivity index (χ0n) is 11.8. The maximum absolute atomic E-state index is 12.9. The molecular formula is C15H15FN2O4. The number of hydrogen-bond acceptors (Lipinski definition) is 4. The molecule has 0 unspecified atom stereocenters. The fourth-order valence-electron chi connectivity index (χ4n) is 1.53. The van der Waals surface area contributed by atoms with Crippen LogP contribution in [0.2, 0.25) is 0 Å². The average Bonchev–Trinajstić information content (AvgIpc) is 2.48. The smallest absolute Gasteiger partial charge is 0.414 e. The van der Waals surface area contributed by atoms with E-state index in [1.54, 1.807) is 12.3 Å². The maximum Gasteiger partial charge on any atom is 0.414 e. The van der Waals surface area contributed by atoms with E-state index < -0.39 is 11.9 Å². The highest BCUT2D eigenvalue weighted by atomic mass is 19.1.